The summed E-state index contributed by atoms with van der Waals surface area (Å²) in [6.45, 7) is 3.05. The van der Waals surface area contributed by atoms with Gasteiger partial charge in [0, 0.05) is 26.1 Å². The van der Waals surface area contributed by atoms with Gasteiger partial charge in [-0.3, -0.25) is 4.79 Å². The zero-order valence-electron chi connectivity index (χ0n) is 10.7. The molecule has 0 aliphatic heterocycles. The molecule has 1 aliphatic carbocycles. The van der Waals surface area contributed by atoms with Crippen LogP contribution in [0.15, 0.2) is 0 Å². The quantitative estimate of drug-likeness (QED) is 0.781. The Kier molecular flexibility index (Phi) is 5.81. The summed E-state index contributed by atoms with van der Waals surface area (Å²) in [5.41, 5.74) is 5.93. The number of carbonyl (C=O) groups excluding carboxylic acids is 1. The van der Waals surface area contributed by atoms with Crippen LogP contribution in [-0.4, -0.2) is 30.4 Å². The molecule has 0 aromatic rings. The number of amides is 1. The Hall–Kier alpha value is -0.570. The van der Waals surface area contributed by atoms with Crippen molar-refractivity contribution < 1.29 is 4.79 Å². The molecule has 1 fully saturated rings. The molecule has 2 atom stereocenters. The van der Waals surface area contributed by atoms with Crippen LogP contribution in [0.25, 0.3) is 0 Å². The molecule has 0 aromatic carbocycles. The first kappa shape index (κ1) is 13.5. The largest absolute Gasteiger partial charge is 0.346 e. The summed E-state index contributed by atoms with van der Waals surface area (Å²) in [7, 11) is 1.92. The third-order valence-electron chi connectivity index (χ3n) is 3.56. The highest BCUT2D eigenvalue weighted by Crippen LogP contribution is 2.26. The highest BCUT2D eigenvalue weighted by atomic mass is 16.2. The Bertz CT molecular complexity index is 218. The standard InChI is InChI=1S/C13H26N2O/c1-3-4-8-15(2)13(16)10-11-6-5-7-12(14)9-11/h11-12H,3-10,14H2,1-2H3. The summed E-state index contributed by atoms with van der Waals surface area (Å²) in [5.74, 6) is 0.827. The summed E-state index contributed by atoms with van der Waals surface area (Å²) < 4.78 is 0. The van der Waals surface area contributed by atoms with Crippen molar-refractivity contribution in [2.24, 2.45) is 11.7 Å². The number of hydrogen-bond donors (Lipinski definition) is 1. The lowest BCUT2D eigenvalue weighted by Gasteiger charge is -2.27. The van der Waals surface area contributed by atoms with E-state index < -0.39 is 0 Å². The maximum absolute atomic E-state index is 11.9. The van der Waals surface area contributed by atoms with Gasteiger partial charge in [-0.25, -0.2) is 0 Å². The molecule has 3 heteroatoms. The molecule has 0 spiro atoms. The second-order valence-electron chi connectivity index (χ2n) is 5.17. The molecular weight excluding hydrogens is 200 g/mol. The lowest BCUT2D eigenvalue weighted by atomic mass is 9.84. The summed E-state index contributed by atoms with van der Waals surface area (Å²) in [5, 5.41) is 0. The van der Waals surface area contributed by atoms with Crippen molar-refractivity contribution in [2.45, 2.75) is 57.9 Å². The predicted molar refractivity (Wildman–Crippen MR) is 67.1 cm³/mol. The molecule has 0 bridgehead atoms. The van der Waals surface area contributed by atoms with Crippen molar-refractivity contribution in [3.8, 4) is 0 Å². The van der Waals surface area contributed by atoms with Gasteiger partial charge in [0.05, 0.1) is 0 Å². The molecule has 1 rings (SSSR count). The number of nitrogens with zero attached hydrogens (tertiary/aromatic N) is 1. The topological polar surface area (TPSA) is 46.3 Å². The van der Waals surface area contributed by atoms with Crippen molar-refractivity contribution in [3.63, 3.8) is 0 Å². The third kappa shape index (κ3) is 4.52. The molecule has 16 heavy (non-hydrogen) atoms. The second kappa shape index (κ2) is 6.89. The van der Waals surface area contributed by atoms with E-state index in [1.807, 2.05) is 11.9 Å². The van der Waals surface area contributed by atoms with E-state index in [1.54, 1.807) is 0 Å². The maximum Gasteiger partial charge on any atom is 0.222 e. The highest BCUT2D eigenvalue weighted by molar-refractivity contribution is 5.76. The monoisotopic (exact) mass is 226 g/mol. The van der Waals surface area contributed by atoms with Crippen molar-refractivity contribution in [1.82, 2.24) is 4.90 Å². The Labute approximate surface area is 99.4 Å². The summed E-state index contributed by atoms with van der Waals surface area (Å²) >= 11 is 0. The van der Waals surface area contributed by atoms with Crippen LogP contribution < -0.4 is 5.73 Å². The minimum absolute atomic E-state index is 0.299. The SMILES string of the molecule is CCCCN(C)C(=O)CC1CCCC(N)C1. The van der Waals surface area contributed by atoms with E-state index in [2.05, 4.69) is 6.92 Å². The van der Waals surface area contributed by atoms with Gasteiger partial charge in [0.15, 0.2) is 0 Å². The lowest BCUT2D eigenvalue weighted by Crippen LogP contribution is -2.33. The van der Waals surface area contributed by atoms with Gasteiger partial charge in [0.25, 0.3) is 0 Å². The zero-order valence-corrected chi connectivity index (χ0v) is 10.7. The molecular formula is C13H26N2O. The normalized spacial score (nSPS) is 25.4. The zero-order chi connectivity index (χ0) is 12.0. The molecule has 3 nitrogen and oxygen atoms in total. The van der Waals surface area contributed by atoms with Gasteiger partial charge in [0.1, 0.15) is 0 Å². The van der Waals surface area contributed by atoms with Crippen molar-refractivity contribution in [3.05, 3.63) is 0 Å². The predicted octanol–water partition coefficient (Wildman–Crippen LogP) is 2.15. The first-order chi connectivity index (χ1) is 7.63. The number of rotatable bonds is 5. The van der Waals surface area contributed by atoms with Crippen LogP contribution in [0.2, 0.25) is 0 Å². The Morgan fingerprint density at radius 3 is 2.81 bits per heavy atom. The third-order valence-corrected chi connectivity index (χ3v) is 3.56. The van der Waals surface area contributed by atoms with Gasteiger partial charge in [-0.2, -0.15) is 0 Å². The van der Waals surface area contributed by atoms with Crippen LogP contribution in [0, 0.1) is 5.92 Å². The highest BCUT2D eigenvalue weighted by Gasteiger charge is 2.22. The van der Waals surface area contributed by atoms with E-state index in [0.29, 0.717) is 24.3 Å². The molecule has 94 valence electrons. The van der Waals surface area contributed by atoms with Gasteiger partial charge < -0.3 is 10.6 Å². The average Bonchev–Trinajstić information content (AvgIpc) is 2.25. The molecule has 2 unspecified atom stereocenters. The fourth-order valence-electron chi connectivity index (χ4n) is 2.44. The lowest BCUT2D eigenvalue weighted by molar-refractivity contribution is -0.131. The Morgan fingerprint density at radius 2 is 2.19 bits per heavy atom. The van der Waals surface area contributed by atoms with Crippen molar-refractivity contribution >= 4 is 5.91 Å². The van der Waals surface area contributed by atoms with Crippen LogP contribution in [-0.2, 0) is 4.79 Å². The van der Waals surface area contributed by atoms with Crippen LogP contribution in [0.1, 0.15) is 51.9 Å². The van der Waals surface area contributed by atoms with Gasteiger partial charge in [-0.05, 0) is 31.6 Å². The molecule has 2 N–H and O–H groups in total. The number of hydrogen-bond acceptors (Lipinski definition) is 2. The molecule has 0 radical (unpaired) electrons. The number of carbonyl (C=O) groups is 1. The summed E-state index contributed by atoms with van der Waals surface area (Å²) in [4.78, 5) is 13.8. The van der Waals surface area contributed by atoms with Crippen molar-refractivity contribution in [1.29, 1.82) is 0 Å². The fourth-order valence-corrected chi connectivity index (χ4v) is 2.44. The van der Waals surface area contributed by atoms with Crippen LogP contribution in [0.5, 0.6) is 0 Å². The maximum atomic E-state index is 11.9. The van der Waals surface area contributed by atoms with E-state index in [4.69, 9.17) is 5.73 Å². The second-order valence-corrected chi connectivity index (χ2v) is 5.17. The number of nitrogens with two attached hydrogens (primary N) is 1. The van der Waals surface area contributed by atoms with E-state index in [0.717, 1.165) is 32.2 Å². The molecule has 0 saturated heterocycles. The summed E-state index contributed by atoms with van der Waals surface area (Å²) in [6.07, 6.45) is 7.49. The van der Waals surface area contributed by atoms with E-state index >= 15 is 0 Å². The first-order valence-corrected chi connectivity index (χ1v) is 6.63. The average molecular weight is 226 g/mol. The Morgan fingerprint density at radius 1 is 1.44 bits per heavy atom. The minimum Gasteiger partial charge on any atom is -0.346 e. The first-order valence-electron chi connectivity index (χ1n) is 6.63. The van der Waals surface area contributed by atoms with Crippen LogP contribution in [0.3, 0.4) is 0 Å². The molecule has 1 saturated carbocycles. The van der Waals surface area contributed by atoms with E-state index in [1.165, 1.54) is 12.8 Å². The minimum atomic E-state index is 0.299. The van der Waals surface area contributed by atoms with Gasteiger partial charge >= 0.3 is 0 Å². The van der Waals surface area contributed by atoms with Gasteiger partial charge in [0.2, 0.25) is 5.91 Å². The molecule has 1 aliphatic rings. The molecule has 0 heterocycles. The van der Waals surface area contributed by atoms with Gasteiger partial charge in [-0.1, -0.05) is 19.8 Å². The van der Waals surface area contributed by atoms with Crippen LogP contribution in [0.4, 0.5) is 0 Å². The molecule has 0 aromatic heterocycles. The van der Waals surface area contributed by atoms with Crippen LogP contribution >= 0.6 is 0 Å². The smallest absolute Gasteiger partial charge is 0.222 e. The van der Waals surface area contributed by atoms with Crippen molar-refractivity contribution in [2.75, 3.05) is 13.6 Å². The van der Waals surface area contributed by atoms with Gasteiger partial charge in [-0.15, -0.1) is 0 Å². The van der Waals surface area contributed by atoms with E-state index in [9.17, 15) is 4.79 Å². The number of unbranched alkanes of at least 4 members (excludes halogenated alkanes) is 1. The summed E-state index contributed by atoms with van der Waals surface area (Å²) in [6, 6.07) is 0.326. The fraction of sp³-hybridized carbons (Fsp3) is 0.923. The molecule has 1 amide bonds. The Balaban J connectivity index is 2.26. The van der Waals surface area contributed by atoms with E-state index in [-0.39, 0.29) is 0 Å².